The molecule has 0 bridgehead atoms. The predicted molar refractivity (Wildman–Crippen MR) is 106 cm³/mol. The maximum absolute atomic E-state index is 12.0. The van der Waals surface area contributed by atoms with Gasteiger partial charge in [0.15, 0.2) is 5.82 Å². The number of nitrogens with zero attached hydrogens (tertiary/aromatic N) is 4. The zero-order valence-electron chi connectivity index (χ0n) is 15.4. The van der Waals surface area contributed by atoms with Crippen molar-refractivity contribution < 1.29 is 13.2 Å². The SMILES string of the molecule is Cc1ccn(-c2cc(NCCNS(=O)(=O)CCOc3ccccc3)ncn2)n1. The van der Waals surface area contributed by atoms with Crippen molar-refractivity contribution in [2.45, 2.75) is 6.92 Å². The lowest BCUT2D eigenvalue weighted by molar-refractivity contribution is 0.340. The molecule has 0 aliphatic carbocycles. The molecular formula is C18H22N6O3S. The maximum atomic E-state index is 12.0. The van der Waals surface area contributed by atoms with Crippen LogP contribution in [0, 0.1) is 6.92 Å². The molecule has 1 aromatic carbocycles. The van der Waals surface area contributed by atoms with E-state index < -0.39 is 10.0 Å². The van der Waals surface area contributed by atoms with E-state index in [1.165, 1.54) is 6.33 Å². The van der Waals surface area contributed by atoms with Crippen molar-refractivity contribution in [3.8, 4) is 11.6 Å². The molecule has 148 valence electrons. The Labute approximate surface area is 163 Å². The van der Waals surface area contributed by atoms with Gasteiger partial charge in [0.2, 0.25) is 10.0 Å². The van der Waals surface area contributed by atoms with Gasteiger partial charge in [-0.25, -0.2) is 27.8 Å². The lowest BCUT2D eigenvalue weighted by Crippen LogP contribution is -2.32. The fourth-order valence-corrected chi connectivity index (χ4v) is 3.23. The summed E-state index contributed by atoms with van der Waals surface area (Å²) < 4.78 is 33.6. The highest BCUT2D eigenvalue weighted by Gasteiger charge is 2.10. The molecular weight excluding hydrogens is 380 g/mol. The lowest BCUT2D eigenvalue weighted by atomic mass is 10.3. The number of ether oxygens (including phenoxy) is 1. The summed E-state index contributed by atoms with van der Waals surface area (Å²) in [7, 11) is -3.42. The van der Waals surface area contributed by atoms with Gasteiger partial charge >= 0.3 is 0 Å². The monoisotopic (exact) mass is 402 g/mol. The fraction of sp³-hybridized carbons (Fsp3) is 0.278. The highest BCUT2D eigenvalue weighted by molar-refractivity contribution is 7.89. The van der Waals surface area contributed by atoms with Gasteiger partial charge < -0.3 is 10.1 Å². The molecule has 0 fully saturated rings. The molecule has 9 nitrogen and oxygen atoms in total. The molecule has 2 aromatic heterocycles. The molecule has 3 aromatic rings. The molecule has 2 heterocycles. The smallest absolute Gasteiger partial charge is 0.215 e. The second-order valence-electron chi connectivity index (χ2n) is 5.96. The number of hydrogen-bond acceptors (Lipinski definition) is 7. The molecule has 0 aliphatic heterocycles. The van der Waals surface area contributed by atoms with E-state index in [0.29, 0.717) is 23.9 Å². The molecule has 0 saturated carbocycles. The van der Waals surface area contributed by atoms with Crippen LogP contribution in [0.1, 0.15) is 5.69 Å². The zero-order valence-corrected chi connectivity index (χ0v) is 16.3. The van der Waals surface area contributed by atoms with Gasteiger partial charge in [-0.15, -0.1) is 0 Å². The van der Waals surface area contributed by atoms with Crippen molar-refractivity contribution in [3.63, 3.8) is 0 Å². The van der Waals surface area contributed by atoms with Crippen molar-refractivity contribution in [2.75, 3.05) is 30.8 Å². The fourth-order valence-electron chi connectivity index (χ4n) is 2.37. The van der Waals surface area contributed by atoms with Crippen LogP contribution in [-0.4, -0.2) is 53.6 Å². The van der Waals surface area contributed by atoms with Crippen LogP contribution >= 0.6 is 0 Å². The molecule has 0 aliphatic rings. The zero-order chi connectivity index (χ0) is 19.8. The van der Waals surface area contributed by atoms with Gasteiger partial charge in [0.25, 0.3) is 0 Å². The standard InChI is InChI=1S/C18H22N6O3S/c1-15-7-10-24(23-15)18-13-17(20-14-21-18)19-8-9-22-28(25,26)12-11-27-16-5-3-2-4-6-16/h2-7,10,13-14,22H,8-9,11-12H2,1H3,(H,19,20,21). The summed E-state index contributed by atoms with van der Waals surface area (Å²) in [6.07, 6.45) is 3.24. The number of rotatable bonds is 10. The number of aryl methyl sites for hydroxylation is 1. The average molecular weight is 402 g/mol. The van der Waals surface area contributed by atoms with Gasteiger partial charge in [0.1, 0.15) is 24.5 Å². The minimum atomic E-state index is -3.42. The molecule has 28 heavy (non-hydrogen) atoms. The topological polar surface area (TPSA) is 111 Å². The quantitative estimate of drug-likeness (QED) is 0.493. The third kappa shape index (κ3) is 6.03. The summed E-state index contributed by atoms with van der Waals surface area (Å²) in [4.78, 5) is 8.30. The summed E-state index contributed by atoms with van der Waals surface area (Å²) in [6.45, 7) is 2.60. The number of para-hydroxylation sites is 1. The minimum Gasteiger partial charge on any atom is -0.492 e. The Morgan fingerprint density at radius 1 is 1.11 bits per heavy atom. The van der Waals surface area contributed by atoms with Crippen LogP contribution < -0.4 is 14.8 Å². The number of sulfonamides is 1. The van der Waals surface area contributed by atoms with Crippen LogP contribution in [0.2, 0.25) is 0 Å². The van der Waals surface area contributed by atoms with E-state index in [1.807, 2.05) is 37.4 Å². The minimum absolute atomic E-state index is 0.0886. The van der Waals surface area contributed by atoms with E-state index in [2.05, 4.69) is 25.1 Å². The summed E-state index contributed by atoms with van der Waals surface area (Å²) >= 11 is 0. The van der Waals surface area contributed by atoms with E-state index in [1.54, 1.807) is 22.9 Å². The van der Waals surface area contributed by atoms with Crippen LogP contribution in [0.25, 0.3) is 5.82 Å². The Bertz CT molecular complexity index is 991. The Morgan fingerprint density at radius 2 is 1.93 bits per heavy atom. The van der Waals surface area contributed by atoms with Gasteiger partial charge in [0.05, 0.1) is 11.4 Å². The van der Waals surface area contributed by atoms with Crippen molar-refractivity contribution in [3.05, 3.63) is 60.7 Å². The van der Waals surface area contributed by atoms with Crippen molar-refractivity contribution >= 4 is 15.8 Å². The summed E-state index contributed by atoms with van der Waals surface area (Å²) in [5, 5.41) is 7.36. The van der Waals surface area contributed by atoms with E-state index in [9.17, 15) is 8.42 Å². The van der Waals surface area contributed by atoms with E-state index in [-0.39, 0.29) is 18.9 Å². The lowest BCUT2D eigenvalue weighted by Gasteiger charge is -2.10. The molecule has 2 N–H and O–H groups in total. The van der Waals surface area contributed by atoms with E-state index >= 15 is 0 Å². The normalized spacial score (nSPS) is 11.3. The van der Waals surface area contributed by atoms with Gasteiger partial charge in [-0.2, -0.15) is 5.10 Å². The van der Waals surface area contributed by atoms with Crippen molar-refractivity contribution in [2.24, 2.45) is 0 Å². The number of anilines is 1. The highest BCUT2D eigenvalue weighted by Crippen LogP contribution is 2.09. The molecule has 0 unspecified atom stereocenters. The number of hydrogen-bond donors (Lipinski definition) is 2. The average Bonchev–Trinajstić information content (AvgIpc) is 3.13. The molecule has 10 heteroatoms. The highest BCUT2D eigenvalue weighted by atomic mass is 32.2. The van der Waals surface area contributed by atoms with E-state index in [0.717, 1.165) is 5.69 Å². The summed E-state index contributed by atoms with van der Waals surface area (Å²) in [5.74, 6) is 1.75. The Kier molecular flexibility index (Phi) is 6.56. The largest absolute Gasteiger partial charge is 0.492 e. The Balaban J connectivity index is 1.41. The van der Waals surface area contributed by atoms with Crippen LogP contribution in [0.3, 0.4) is 0 Å². The first-order chi connectivity index (χ1) is 13.5. The number of nitrogens with one attached hydrogen (secondary N) is 2. The van der Waals surface area contributed by atoms with Crippen LogP contribution in [0.4, 0.5) is 5.82 Å². The second-order valence-corrected chi connectivity index (χ2v) is 7.89. The van der Waals surface area contributed by atoms with Crippen LogP contribution in [-0.2, 0) is 10.0 Å². The number of aromatic nitrogens is 4. The van der Waals surface area contributed by atoms with Gasteiger partial charge in [-0.3, -0.25) is 0 Å². The molecule has 0 atom stereocenters. The first-order valence-corrected chi connectivity index (χ1v) is 10.4. The van der Waals surface area contributed by atoms with Crippen molar-refractivity contribution in [1.29, 1.82) is 0 Å². The molecule has 0 amide bonds. The summed E-state index contributed by atoms with van der Waals surface area (Å²) in [5.41, 5.74) is 0.888. The maximum Gasteiger partial charge on any atom is 0.215 e. The third-order valence-electron chi connectivity index (χ3n) is 3.73. The predicted octanol–water partition coefficient (Wildman–Crippen LogP) is 1.38. The van der Waals surface area contributed by atoms with Gasteiger partial charge in [0, 0.05) is 25.4 Å². The van der Waals surface area contributed by atoms with Crippen LogP contribution in [0.15, 0.2) is 55.0 Å². The molecule has 3 rings (SSSR count). The number of benzene rings is 1. The van der Waals surface area contributed by atoms with Crippen molar-refractivity contribution in [1.82, 2.24) is 24.5 Å². The second kappa shape index (κ2) is 9.29. The van der Waals surface area contributed by atoms with Crippen LogP contribution in [0.5, 0.6) is 5.75 Å². The first kappa shape index (κ1) is 19.8. The Hall–Kier alpha value is -2.98. The van der Waals surface area contributed by atoms with Gasteiger partial charge in [-0.1, -0.05) is 18.2 Å². The summed E-state index contributed by atoms with van der Waals surface area (Å²) in [6, 6.07) is 12.7. The molecule has 0 spiro atoms. The van der Waals surface area contributed by atoms with E-state index in [4.69, 9.17) is 4.74 Å². The third-order valence-corrected chi connectivity index (χ3v) is 5.07. The van der Waals surface area contributed by atoms with Gasteiger partial charge in [-0.05, 0) is 25.1 Å². The molecule has 0 radical (unpaired) electrons. The first-order valence-electron chi connectivity index (χ1n) is 8.76. The Morgan fingerprint density at radius 3 is 2.68 bits per heavy atom. The molecule has 0 saturated heterocycles.